The van der Waals surface area contributed by atoms with Crippen molar-refractivity contribution in [3.05, 3.63) is 70.7 Å². The van der Waals surface area contributed by atoms with Crippen molar-refractivity contribution in [2.24, 2.45) is 0 Å². The van der Waals surface area contributed by atoms with E-state index in [0.717, 1.165) is 12.0 Å². The van der Waals surface area contributed by atoms with E-state index in [2.05, 4.69) is 10.6 Å². The van der Waals surface area contributed by atoms with Crippen LogP contribution in [-0.4, -0.2) is 17.9 Å². The SMILES string of the molecule is CCC(C)NC(=O)CC(NC(=O)c1ccccc1Cl)c1ccccc1. The van der Waals surface area contributed by atoms with E-state index < -0.39 is 6.04 Å². The lowest BCUT2D eigenvalue weighted by molar-refractivity contribution is -0.122. The van der Waals surface area contributed by atoms with Crippen LogP contribution in [0.5, 0.6) is 0 Å². The monoisotopic (exact) mass is 358 g/mol. The van der Waals surface area contributed by atoms with Crippen molar-refractivity contribution in [3.63, 3.8) is 0 Å². The summed E-state index contributed by atoms with van der Waals surface area (Å²) in [6.45, 7) is 3.97. The Morgan fingerprint density at radius 1 is 1.00 bits per heavy atom. The third-order valence-corrected chi connectivity index (χ3v) is 4.36. The molecule has 0 aliphatic carbocycles. The summed E-state index contributed by atoms with van der Waals surface area (Å²) in [5.74, 6) is -0.390. The van der Waals surface area contributed by atoms with Crippen LogP contribution in [0.3, 0.4) is 0 Å². The van der Waals surface area contributed by atoms with Gasteiger partial charge in [0.1, 0.15) is 0 Å². The maximum absolute atomic E-state index is 12.6. The first-order chi connectivity index (χ1) is 12.0. The fraction of sp³-hybridized carbons (Fsp3) is 0.300. The predicted octanol–water partition coefficient (Wildman–Crippen LogP) is 4.12. The van der Waals surface area contributed by atoms with Crippen molar-refractivity contribution in [2.45, 2.75) is 38.8 Å². The maximum Gasteiger partial charge on any atom is 0.253 e. The van der Waals surface area contributed by atoms with Crippen LogP contribution in [0.25, 0.3) is 0 Å². The van der Waals surface area contributed by atoms with Crippen LogP contribution in [0, 0.1) is 0 Å². The molecule has 0 saturated carbocycles. The molecule has 2 atom stereocenters. The quantitative estimate of drug-likeness (QED) is 0.782. The lowest BCUT2D eigenvalue weighted by Gasteiger charge is -2.20. The molecule has 2 rings (SSSR count). The van der Waals surface area contributed by atoms with Crippen LogP contribution in [0.2, 0.25) is 5.02 Å². The van der Waals surface area contributed by atoms with Gasteiger partial charge in [0.2, 0.25) is 5.91 Å². The van der Waals surface area contributed by atoms with Gasteiger partial charge in [0.05, 0.1) is 23.0 Å². The molecular formula is C20H23ClN2O2. The summed E-state index contributed by atoms with van der Waals surface area (Å²) in [6.07, 6.45) is 1.03. The highest BCUT2D eigenvalue weighted by Crippen LogP contribution is 2.20. The van der Waals surface area contributed by atoms with Crippen molar-refractivity contribution < 1.29 is 9.59 Å². The summed E-state index contributed by atoms with van der Waals surface area (Å²) in [5.41, 5.74) is 1.27. The number of nitrogens with one attached hydrogen (secondary N) is 2. The van der Waals surface area contributed by atoms with Gasteiger partial charge in [-0.15, -0.1) is 0 Å². The first-order valence-electron chi connectivity index (χ1n) is 8.41. The lowest BCUT2D eigenvalue weighted by Crippen LogP contribution is -2.37. The normalized spacial score (nSPS) is 12.9. The summed E-state index contributed by atoms with van der Waals surface area (Å²) in [4.78, 5) is 24.9. The molecule has 0 aliphatic rings. The highest BCUT2D eigenvalue weighted by Gasteiger charge is 2.20. The average Bonchev–Trinajstić information content (AvgIpc) is 2.62. The van der Waals surface area contributed by atoms with Gasteiger partial charge in [-0.05, 0) is 31.0 Å². The fourth-order valence-electron chi connectivity index (χ4n) is 2.44. The van der Waals surface area contributed by atoms with Crippen molar-refractivity contribution in [1.29, 1.82) is 0 Å². The van der Waals surface area contributed by atoms with Crippen LogP contribution in [0.4, 0.5) is 0 Å². The summed E-state index contributed by atoms with van der Waals surface area (Å²) >= 11 is 6.10. The van der Waals surface area contributed by atoms with Crippen LogP contribution >= 0.6 is 11.6 Å². The Morgan fingerprint density at radius 2 is 1.64 bits per heavy atom. The Bertz CT molecular complexity index is 719. The lowest BCUT2D eigenvalue weighted by atomic mass is 10.0. The number of hydrogen-bond donors (Lipinski definition) is 2. The maximum atomic E-state index is 12.6. The molecule has 0 saturated heterocycles. The van der Waals surface area contributed by atoms with Gasteiger partial charge in [0.15, 0.2) is 0 Å². The van der Waals surface area contributed by atoms with Gasteiger partial charge in [0, 0.05) is 6.04 Å². The molecule has 2 unspecified atom stereocenters. The van der Waals surface area contributed by atoms with Crippen molar-refractivity contribution in [3.8, 4) is 0 Å². The average molecular weight is 359 g/mol. The predicted molar refractivity (Wildman–Crippen MR) is 101 cm³/mol. The number of hydrogen-bond acceptors (Lipinski definition) is 2. The molecule has 2 N–H and O–H groups in total. The molecule has 4 nitrogen and oxygen atoms in total. The number of rotatable bonds is 7. The van der Waals surface area contributed by atoms with Crippen molar-refractivity contribution in [2.75, 3.05) is 0 Å². The number of benzene rings is 2. The number of carbonyl (C=O) groups is 2. The highest BCUT2D eigenvalue weighted by molar-refractivity contribution is 6.33. The second-order valence-electron chi connectivity index (χ2n) is 6.00. The zero-order chi connectivity index (χ0) is 18.2. The second-order valence-corrected chi connectivity index (χ2v) is 6.40. The summed E-state index contributed by atoms with van der Waals surface area (Å²) in [5, 5.41) is 6.25. The van der Waals surface area contributed by atoms with E-state index >= 15 is 0 Å². The van der Waals surface area contributed by atoms with E-state index in [4.69, 9.17) is 11.6 Å². The summed E-state index contributed by atoms with van der Waals surface area (Å²) < 4.78 is 0. The third kappa shape index (κ3) is 5.61. The molecule has 0 heterocycles. The van der Waals surface area contributed by atoms with Crippen LogP contribution in [-0.2, 0) is 4.79 Å². The zero-order valence-corrected chi connectivity index (χ0v) is 15.2. The largest absolute Gasteiger partial charge is 0.354 e. The Labute approximate surface area is 153 Å². The van der Waals surface area contributed by atoms with Gasteiger partial charge in [-0.2, -0.15) is 0 Å². The van der Waals surface area contributed by atoms with Crippen molar-refractivity contribution in [1.82, 2.24) is 10.6 Å². The molecule has 2 amide bonds. The molecule has 0 aliphatic heterocycles. The number of halogens is 1. The van der Waals surface area contributed by atoms with E-state index in [1.807, 2.05) is 44.2 Å². The van der Waals surface area contributed by atoms with E-state index in [-0.39, 0.29) is 24.3 Å². The van der Waals surface area contributed by atoms with Gasteiger partial charge < -0.3 is 10.6 Å². The minimum atomic E-state index is -0.422. The Hall–Kier alpha value is -2.33. The van der Waals surface area contributed by atoms with E-state index in [1.165, 1.54) is 0 Å². The molecule has 0 bridgehead atoms. The minimum absolute atomic E-state index is 0.0948. The second kappa shape index (κ2) is 9.23. The molecule has 0 aromatic heterocycles. The van der Waals surface area contributed by atoms with Crippen LogP contribution < -0.4 is 10.6 Å². The highest BCUT2D eigenvalue weighted by atomic mass is 35.5. The topological polar surface area (TPSA) is 58.2 Å². The molecule has 2 aromatic carbocycles. The number of carbonyl (C=O) groups excluding carboxylic acids is 2. The zero-order valence-electron chi connectivity index (χ0n) is 14.5. The molecule has 25 heavy (non-hydrogen) atoms. The van der Waals surface area contributed by atoms with E-state index in [0.29, 0.717) is 10.6 Å². The van der Waals surface area contributed by atoms with Gasteiger partial charge in [-0.3, -0.25) is 9.59 Å². The molecule has 5 heteroatoms. The van der Waals surface area contributed by atoms with Crippen molar-refractivity contribution >= 4 is 23.4 Å². The smallest absolute Gasteiger partial charge is 0.253 e. The first-order valence-corrected chi connectivity index (χ1v) is 8.78. The third-order valence-electron chi connectivity index (χ3n) is 4.04. The summed E-state index contributed by atoms with van der Waals surface area (Å²) in [6, 6.07) is 16.0. The van der Waals surface area contributed by atoms with E-state index in [1.54, 1.807) is 24.3 Å². The fourth-order valence-corrected chi connectivity index (χ4v) is 2.66. The molecular weight excluding hydrogens is 336 g/mol. The Morgan fingerprint density at radius 3 is 2.28 bits per heavy atom. The van der Waals surface area contributed by atoms with Gasteiger partial charge in [-0.25, -0.2) is 0 Å². The molecule has 0 radical (unpaired) electrons. The first kappa shape index (κ1) is 19.0. The van der Waals surface area contributed by atoms with E-state index in [9.17, 15) is 9.59 Å². The molecule has 0 spiro atoms. The van der Waals surface area contributed by atoms with Crippen LogP contribution in [0.15, 0.2) is 54.6 Å². The number of amides is 2. The minimum Gasteiger partial charge on any atom is -0.354 e. The Kier molecular flexibility index (Phi) is 7.02. The van der Waals surface area contributed by atoms with Crippen LogP contribution in [0.1, 0.15) is 48.7 Å². The summed E-state index contributed by atoms with van der Waals surface area (Å²) in [7, 11) is 0. The molecule has 0 fully saturated rings. The van der Waals surface area contributed by atoms with Gasteiger partial charge in [0.25, 0.3) is 5.91 Å². The Balaban J connectivity index is 2.16. The molecule has 132 valence electrons. The van der Waals surface area contributed by atoms with Gasteiger partial charge >= 0.3 is 0 Å². The van der Waals surface area contributed by atoms with Gasteiger partial charge in [-0.1, -0.05) is 61.0 Å². The standard InChI is InChI=1S/C20H23ClN2O2/c1-3-14(2)22-19(24)13-18(15-9-5-4-6-10-15)23-20(25)16-11-7-8-12-17(16)21/h4-12,14,18H,3,13H2,1-2H3,(H,22,24)(H,23,25). The molecule has 2 aromatic rings.